The number of rotatable bonds is 3. The van der Waals surface area contributed by atoms with E-state index in [1.807, 2.05) is 18.5 Å². The molecule has 2 nitrogen and oxygen atoms in total. The molecular formula is C18H22N2. The number of aromatic nitrogens is 1. The molecule has 104 valence electrons. The van der Waals surface area contributed by atoms with Crippen LogP contribution in [0.2, 0.25) is 0 Å². The fraction of sp³-hybridized carbons (Fsp3) is 0.389. The molecule has 2 heteroatoms. The quantitative estimate of drug-likeness (QED) is 0.906. The Bertz CT molecular complexity index is 589. The van der Waals surface area contributed by atoms with E-state index >= 15 is 0 Å². The molecule has 1 N–H and O–H groups in total. The van der Waals surface area contributed by atoms with Gasteiger partial charge >= 0.3 is 0 Å². The minimum absolute atomic E-state index is 0.250. The molecule has 0 fully saturated rings. The summed E-state index contributed by atoms with van der Waals surface area (Å²) in [6.07, 6.45) is 4.91. The van der Waals surface area contributed by atoms with Gasteiger partial charge in [-0.15, -0.1) is 0 Å². The highest BCUT2D eigenvalue weighted by Gasteiger charge is 2.39. The molecule has 1 aliphatic rings. The van der Waals surface area contributed by atoms with Gasteiger partial charge < -0.3 is 5.32 Å². The lowest BCUT2D eigenvalue weighted by Crippen LogP contribution is -2.33. The van der Waals surface area contributed by atoms with Crippen LogP contribution in [0.3, 0.4) is 0 Å². The van der Waals surface area contributed by atoms with Crippen LogP contribution in [0.15, 0.2) is 48.8 Å². The van der Waals surface area contributed by atoms with Crippen LogP contribution in [0.1, 0.15) is 49.5 Å². The summed E-state index contributed by atoms with van der Waals surface area (Å²) in [5.41, 5.74) is 4.43. The van der Waals surface area contributed by atoms with Crippen LogP contribution in [-0.4, -0.2) is 4.98 Å². The standard InChI is InChI=1S/C18H22N2/c1-13(15-8-6-10-19-12-15)20-17-16-9-5-4-7-14(16)11-18(17,2)3/h4-10,12-13,17,20H,11H2,1-3H3. The van der Waals surface area contributed by atoms with Crippen molar-refractivity contribution in [2.75, 3.05) is 0 Å². The van der Waals surface area contributed by atoms with E-state index in [1.54, 1.807) is 0 Å². The molecule has 0 amide bonds. The number of benzene rings is 1. The summed E-state index contributed by atoms with van der Waals surface area (Å²) >= 11 is 0. The molecule has 20 heavy (non-hydrogen) atoms. The molecule has 1 aliphatic carbocycles. The van der Waals surface area contributed by atoms with Crippen molar-refractivity contribution >= 4 is 0 Å². The van der Waals surface area contributed by atoms with Crippen LogP contribution in [-0.2, 0) is 6.42 Å². The molecule has 3 rings (SSSR count). The van der Waals surface area contributed by atoms with E-state index in [9.17, 15) is 0 Å². The smallest absolute Gasteiger partial charge is 0.0382 e. The van der Waals surface area contributed by atoms with Crippen molar-refractivity contribution in [2.45, 2.75) is 39.3 Å². The van der Waals surface area contributed by atoms with E-state index in [4.69, 9.17) is 0 Å². The lowest BCUT2D eigenvalue weighted by atomic mass is 9.84. The van der Waals surface area contributed by atoms with Crippen LogP contribution in [0.5, 0.6) is 0 Å². The van der Waals surface area contributed by atoms with Gasteiger partial charge in [-0.1, -0.05) is 44.2 Å². The van der Waals surface area contributed by atoms with Crippen LogP contribution in [0.25, 0.3) is 0 Å². The largest absolute Gasteiger partial charge is 0.303 e. The van der Waals surface area contributed by atoms with Crippen LogP contribution < -0.4 is 5.32 Å². The van der Waals surface area contributed by atoms with Crippen molar-refractivity contribution in [2.24, 2.45) is 5.41 Å². The van der Waals surface area contributed by atoms with Gasteiger partial charge in [-0.2, -0.15) is 0 Å². The SMILES string of the molecule is CC(NC1c2ccccc2CC1(C)C)c1cccnc1. The number of pyridine rings is 1. The van der Waals surface area contributed by atoms with Crippen molar-refractivity contribution in [3.8, 4) is 0 Å². The van der Waals surface area contributed by atoms with Gasteiger partial charge in [-0.25, -0.2) is 0 Å². The molecule has 0 bridgehead atoms. The Labute approximate surface area is 121 Å². The van der Waals surface area contributed by atoms with E-state index in [1.165, 1.54) is 16.7 Å². The van der Waals surface area contributed by atoms with Crippen molar-refractivity contribution in [1.29, 1.82) is 0 Å². The Kier molecular flexibility index (Phi) is 3.35. The minimum Gasteiger partial charge on any atom is -0.303 e. The van der Waals surface area contributed by atoms with E-state index in [0.29, 0.717) is 12.1 Å². The highest BCUT2D eigenvalue weighted by atomic mass is 15.0. The predicted octanol–water partition coefficient (Wildman–Crippen LogP) is 4.06. The average Bonchev–Trinajstić information content (AvgIpc) is 2.70. The van der Waals surface area contributed by atoms with Crippen LogP contribution in [0.4, 0.5) is 0 Å². The third kappa shape index (κ3) is 2.36. The van der Waals surface area contributed by atoms with E-state index in [-0.39, 0.29) is 5.41 Å². The molecule has 0 saturated carbocycles. The highest BCUT2D eigenvalue weighted by molar-refractivity contribution is 5.37. The maximum absolute atomic E-state index is 4.22. The molecule has 0 radical (unpaired) electrons. The summed E-state index contributed by atoms with van der Waals surface area (Å²) in [6, 6.07) is 13.6. The second-order valence-corrected chi connectivity index (χ2v) is 6.47. The lowest BCUT2D eigenvalue weighted by molar-refractivity contribution is 0.252. The fourth-order valence-corrected chi connectivity index (χ4v) is 3.28. The lowest BCUT2D eigenvalue weighted by Gasteiger charge is -2.31. The van der Waals surface area contributed by atoms with Gasteiger partial charge in [0.05, 0.1) is 0 Å². The van der Waals surface area contributed by atoms with Gasteiger partial charge in [-0.05, 0) is 41.5 Å². The summed E-state index contributed by atoms with van der Waals surface area (Å²) in [5.74, 6) is 0. The van der Waals surface area contributed by atoms with Crippen molar-refractivity contribution in [1.82, 2.24) is 10.3 Å². The highest BCUT2D eigenvalue weighted by Crippen LogP contribution is 2.45. The second kappa shape index (κ2) is 5.02. The number of nitrogens with zero attached hydrogens (tertiary/aromatic N) is 1. The third-order valence-corrected chi connectivity index (χ3v) is 4.39. The van der Waals surface area contributed by atoms with E-state index < -0.39 is 0 Å². The van der Waals surface area contributed by atoms with Crippen molar-refractivity contribution in [3.63, 3.8) is 0 Å². The Morgan fingerprint density at radius 2 is 2.00 bits per heavy atom. The molecule has 2 atom stereocenters. The third-order valence-electron chi connectivity index (χ3n) is 4.39. The van der Waals surface area contributed by atoms with Gasteiger partial charge in [0.25, 0.3) is 0 Å². The normalized spacial score (nSPS) is 21.4. The van der Waals surface area contributed by atoms with Crippen LogP contribution >= 0.6 is 0 Å². The first-order valence-electron chi connectivity index (χ1n) is 7.32. The van der Waals surface area contributed by atoms with Gasteiger partial charge in [0.2, 0.25) is 0 Å². The molecule has 0 spiro atoms. The average molecular weight is 266 g/mol. The summed E-state index contributed by atoms with van der Waals surface area (Å²) < 4.78 is 0. The number of hydrogen-bond donors (Lipinski definition) is 1. The van der Waals surface area contributed by atoms with Crippen molar-refractivity contribution in [3.05, 3.63) is 65.5 Å². The monoisotopic (exact) mass is 266 g/mol. The zero-order chi connectivity index (χ0) is 14.2. The molecule has 2 aromatic rings. The Hall–Kier alpha value is -1.67. The van der Waals surface area contributed by atoms with Gasteiger partial charge in [0, 0.05) is 24.5 Å². The molecule has 1 heterocycles. The van der Waals surface area contributed by atoms with Gasteiger partial charge in [0.1, 0.15) is 0 Å². The number of nitrogens with one attached hydrogen (secondary N) is 1. The Morgan fingerprint density at radius 1 is 1.20 bits per heavy atom. The first-order valence-corrected chi connectivity index (χ1v) is 7.32. The zero-order valence-corrected chi connectivity index (χ0v) is 12.4. The Balaban J connectivity index is 1.86. The van der Waals surface area contributed by atoms with E-state index in [0.717, 1.165) is 6.42 Å². The first kappa shape index (κ1) is 13.3. The van der Waals surface area contributed by atoms with Crippen molar-refractivity contribution < 1.29 is 0 Å². The molecule has 2 unspecified atom stereocenters. The summed E-state index contributed by atoms with van der Waals surface area (Å²) in [7, 11) is 0. The molecule has 1 aromatic carbocycles. The predicted molar refractivity (Wildman–Crippen MR) is 82.5 cm³/mol. The maximum Gasteiger partial charge on any atom is 0.0382 e. The zero-order valence-electron chi connectivity index (χ0n) is 12.4. The summed E-state index contributed by atoms with van der Waals surface area (Å²) in [5, 5.41) is 3.80. The summed E-state index contributed by atoms with van der Waals surface area (Å²) in [4.78, 5) is 4.22. The maximum atomic E-state index is 4.22. The fourth-order valence-electron chi connectivity index (χ4n) is 3.28. The first-order chi connectivity index (χ1) is 9.58. The minimum atomic E-state index is 0.250. The molecule has 0 saturated heterocycles. The van der Waals surface area contributed by atoms with E-state index in [2.05, 4.69) is 61.4 Å². The summed E-state index contributed by atoms with van der Waals surface area (Å²) in [6.45, 7) is 6.91. The topological polar surface area (TPSA) is 24.9 Å². The number of fused-ring (bicyclic) bond motifs is 1. The van der Waals surface area contributed by atoms with Gasteiger partial charge in [0.15, 0.2) is 0 Å². The Morgan fingerprint density at radius 3 is 2.75 bits per heavy atom. The van der Waals surface area contributed by atoms with Crippen LogP contribution in [0, 0.1) is 5.41 Å². The molecular weight excluding hydrogens is 244 g/mol. The van der Waals surface area contributed by atoms with Gasteiger partial charge in [-0.3, -0.25) is 4.98 Å². The molecule has 0 aliphatic heterocycles. The number of hydrogen-bond acceptors (Lipinski definition) is 2. The molecule has 1 aromatic heterocycles. The second-order valence-electron chi connectivity index (χ2n) is 6.47.